The van der Waals surface area contributed by atoms with Crippen molar-refractivity contribution in [3.8, 4) is 16.9 Å². The van der Waals surface area contributed by atoms with Gasteiger partial charge in [0, 0.05) is 36.3 Å². The maximum atomic E-state index is 13.3. The fourth-order valence-corrected chi connectivity index (χ4v) is 5.88. The molecule has 0 aliphatic carbocycles. The van der Waals surface area contributed by atoms with E-state index in [-0.39, 0.29) is 17.8 Å². The van der Waals surface area contributed by atoms with Crippen molar-refractivity contribution < 1.29 is 33.3 Å². The number of nitrogens with one attached hydrogen (secondary N) is 1. The van der Waals surface area contributed by atoms with Gasteiger partial charge in [-0.1, -0.05) is 38.1 Å². The van der Waals surface area contributed by atoms with Crippen LogP contribution in [0.5, 0.6) is 5.75 Å². The summed E-state index contributed by atoms with van der Waals surface area (Å²) in [4.78, 5) is 32.9. The molecule has 0 unspecified atom stereocenters. The summed E-state index contributed by atoms with van der Waals surface area (Å²) in [6.07, 6.45) is 0.591. The molecule has 0 saturated carbocycles. The molecule has 4 rings (SSSR count). The third kappa shape index (κ3) is 10.7. The molecular weight excluding hydrogens is 625 g/mol. The minimum Gasteiger partial charge on any atom is -0.493 e. The highest BCUT2D eigenvalue weighted by Crippen LogP contribution is 2.45. The van der Waals surface area contributed by atoms with Gasteiger partial charge in [-0.15, -0.1) is 0 Å². The number of ether oxygens (including phenoxy) is 3. The number of anilines is 1. The van der Waals surface area contributed by atoms with Crippen LogP contribution in [-0.2, 0) is 27.2 Å². The SMILES string of the molecule is Cc1nc(CNC(=O)OC(C)(C)C)c(-c2ccc(OCCc3ccc(F)cc3)cc2)c(N2CCC(C)(C)CC2)c1[C@H](OC(C)(C)C)C(=O)O. The van der Waals surface area contributed by atoms with Crippen molar-refractivity contribution in [3.63, 3.8) is 0 Å². The number of halogens is 1. The van der Waals surface area contributed by atoms with Crippen LogP contribution in [0.25, 0.3) is 11.1 Å². The Morgan fingerprint density at radius 2 is 1.59 bits per heavy atom. The van der Waals surface area contributed by atoms with Crippen molar-refractivity contribution >= 4 is 17.7 Å². The number of piperidine rings is 1. The number of pyridine rings is 1. The van der Waals surface area contributed by atoms with Gasteiger partial charge in [0.2, 0.25) is 0 Å². The quantitative estimate of drug-likeness (QED) is 0.208. The predicted octanol–water partition coefficient (Wildman–Crippen LogP) is 8.41. The Bertz CT molecular complexity index is 1600. The van der Waals surface area contributed by atoms with Crippen molar-refractivity contribution in [2.24, 2.45) is 5.41 Å². The Balaban J connectivity index is 1.82. The minimum atomic E-state index is -1.28. The van der Waals surface area contributed by atoms with Gasteiger partial charge in [0.25, 0.3) is 0 Å². The molecule has 266 valence electrons. The summed E-state index contributed by atoms with van der Waals surface area (Å²) >= 11 is 0. The van der Waals surface area contributed by atoms with Crippen LogP contribution >= 0.6 is 0 Å². The van der Waals surface area contributed by atoms with Crippen LogP contribution in [0, 0.1) is 18.2 Å². The second kappa shape index (κ2) is 15.2. The number of aryl methyl sites for hydroxylation is 1. The molecule has 1 saturated heterocycles. The van der Waals surface area contributed by atoms with Gasteiger partial charge in [0.1, 0.15) is 17.2 Å². The Hall–Kier alpha value is -4.18. The molecule has 1 aromatic heterocycles. The number of rotatable bonds is 11. The van der Waals surface area contributed by atoms with Crippen molar-refractivity contribution in [2.45, 2.75) is 105 Å². The molecule has 2 aromatic carbocycles. The van der Waals surface area contributed by atoms with Crippen LogP contribution in [0.1, 0.15) is 96.9 Å². The number of hydrogen-bond donors (Lipinski definition) is 2. The number of benzene rings is 2. The number of carboxylic acids is 1. The van der Waals surface area contributed by atoms with E-state index in [2.05, 4.69) is 24.1 Å². The van der Waals surface area contributed by atoms with Crippen molar-refractivity contribution in [1.82, 2.24) is 10.3 Å². The molecule has 2 N–H and O–H groups in total. The number of aliphatic carboxylic acids is 1. The maximum absolute atomic E-state index is 13.3. The largest absolute Gasteiger partial charge is 0.493 e. The van der Waals surface area contributed by atoms with E-state index in [9.17, 15) is 19.1 Å². The molecule has 1 aliphatic heterocycles. The summed E-state index contributed by atoms with van der Waals surface area (Å²) in [5.74, 6) is -0.726. The molecule has 3 aromatic rings. The third-order valence-corrected chi connectivity index (χ3v) is 8.38. The highest BCUT2D eigenvalue weighted by molar-refractivity contribution is 5.88. The van der Waals surface area contributed by atoms with Gasteiger partial charge in [-0.25, -0.2) is 14.0 Å². The number of amides is 1. The molecule has 10 heteroatoms. The molecule has 9 nitrogen and oxygen atoms in total. The van der Waals surface area contributed by atoms with Gasteiger partial charge >= 0.3 is 12.1 Å². The topological polar surface area (TPSA) is 110 Å². The number of alkyl carbamates (subject to hydrolysis) is 1. The zero-order valence-corrected chi connectivity index (χ0v) is 30.4. The Morgan fingerprint density at radius 1 is 0.980 bits per heavy atom. The highest BCUT2D eigenvalue weighted by atomic mass is 19.1. The van der Waals surface area contributed by atoms with E-state index < -0.39 is 29.4 Å². The van der Waals surface area contributed by atoms with Crippen LogP contribution in [0.2, 0.25) is 0 Å². The third-order valence-electron chi connectivity index (χ3n) is 8.38. The van der Waals surface area contributed by atoms with Crippen molar-refractivity contribution in [1.29, 1.82) is 0 Å². The monoisotopic (exact) mass is 677 g/mol. The van der Waals surface area contributed by atoms with E-state index in [1.807, 2.05) is 45.0 Å². The van der Waals surface area contributed by atoms with Gasteiger partial charge in [-0.2, -0.15) is 0 Å². The van der Waals surface area contributed by atoms with Crippen LogP contribution in [-0.4, -0.2) is 53.1 Å². The van der Waals surface area contributed by atoms with Crippen LogP contribution in [0.4, 0.5) is 14.9 Å². The Kier molecular flexibility index (Phi) is 11.6. The van der Waals surface area contributed by atoms with Crippen molar-refractivity contribution in [3.05, 3.63) is 76.9 Å². The van der Waals surface area contributed by atoms with E-state index in [0.717, 1.165) is 35.2 Å². The molecule has 1 amide bonds. The zero-order valence-electron chi connectivity index (χ0n) is 30.4. The molecule has 1 aliphatic rings. The van der Waals surface area contributed by atoms with E-state index in [1.165, 1.54) is 12.1 Å². The molecule has 49 heavy (non-hydrogen) atoms. The first-order chi connectivity index (χ1) is 22.8. The molecular formula is C39H52FN3O6. The first-order valence-electron chi connectivity index (χ1n) is 17.0. The lowest BCUT2D eigenvalue weighted by atomic mass is 9.81. The number of carbonyl (C=O) groups is 2. The van der Waals surface area contributed by atoms with Crippen LogP contribution in [0.15, 0.2) is 48.5 Å². The fraction of sp³-hybridized carbons (Fsp3) is 0.513. The summed E-state index contributed by atoms with van der Waals surface area (Å²) in [6, 6.07) is 14.0. The number of hydrogen-bond acceptors (Lipinski definition) is 7. The molecule has 0 radical (unpaired) electrons. The standard InChI is InChI=1S/C39H52FN3O6/c1-25-31(34(35(44)45)48-37(2,3)4)33(43-21-19-39(8,9)20-22-43)32(30(42-25)24-41-36(46)49-38(5,6)7)27-12-16-29(17-13-27)47-23-18-26-10-14-28(40)15-11-26/h10-17,34H,18-24H2,1-9H3,(H,41,46)(H,44,45)/t34-/m0/s1. The molecule has 1 fully saturated rings. The first-order valence-corrected chi connectivity index (χ1v) is 17.0. The van der Waals surface area contributed by atoms with Gasteiger partial charge in [0.05, 0.1) is 30.1 Å². The average Bonchev–Trinajstić information content (AvgIpc) is 2.99. The summed E-state index contributed by atoms with van der Waals surface area (Å²) < 4.78 is 31.1. The summed E-state index contributed by atoms with van der Waals surface area (Å²) in [6.45, 7) is 19.1. The predicted molar refractivity (Wildman–Crippen MR) is 190 cm³/mol. The van der Waals surface area contributed by atoms with Crippen LogP contribution in [0.3, 0.4) is 0 Å². The first kappa shape index (κ1) is 37.6. The second-order valence-electron chi connectivity index (χ2n) is 15.5. The highest BCUT2D eigenvalue weighted by Gasteiger charge is 2.37. The summed E-state index contributed by atoms with van der Waals surface area (Å²) in [5, 5.41) is 13.4. The number of nitrogens with zero attached hydrogens (tertiary/aromatic N) is 2. The lowest BCUT2D eigenvalue weighted by Gasteiger charge is -2.41. The van der Waals surface area contributed by atoms with E-state index >= 15 is 0 Å². The minimum absolute atomic E-state index is 0.0610. The smallest absolute Gasteiger partial charge is 0.407 e. The number of carbonyl (C=O) groups excluding carboxylic acids is 1. The van der Waals surface area contributed by atoms with Gasteiger partial charge in [-0.3, -0.25) is 4.98 Å². The van der Waals surface area contributed by atoms with E-state index in [0.29, 0.717) is 48.8 Å². The Labute approximate surface area is 290 Å². The molecule has 0 bridgehead atoms. The lowest BCUT2D eigenvalue weighted by Crippen LogP contribution is -2.39. The normalized spacial score (nSPS) is 15.4. The summed E-state index contributed by atoms with van der Waals surface area (Å²) in [5.41, 5.74) is 3.53. The van der Waals surface area contributed by atoms with E-state index in [1.54, 1.807) is 39.8 Å². The van der Waals surface area contributed by atoms with Gasteiger partial charge in [-0.05, 0) is 102 Å². The number of carboxylic acid groups (broad SMARTS) is 1. The van der Waals surface area contributed by atoms with E-state index in [4.69, 9.17) is 19.2 Å². The summed E-state index contributed by atoms with van der Waals surface area (Å²) in [7, 11) is 0. The molecule has 0 spiro atoms. The Morgan fingerprint density at radius 3 is 2.14 bits per heavy atom. The molecule has 2 heterocycles. The van der Waals surface area contributed by atoms with Gasteiger partial charge < -0.3 is 29.5 Å². The van der Waals surface area contributed by atoms with Crippen LogP contribution < -0.4 is 15.0 Å². The zero-order chi connectivity index (χ0) is 36.1. The molecule has 1 atom stereocenters. The fourth-order valence-electron chi connectivity index (χ4n) is 5.88. The second-order valence-corrected chi connectivity index (χ2v) is 15.5. The van der Waals surface area contributed by atoms with Crippen molar-refractivity contribution in [2.75, 3.05) is 24.6 Å². The average molecular weight is 678 g/mol. The lowest BCUT2D eigenvalue weighted by molar-refractivity contribution is -0.160. The number of aromatic nitrogens is 1. The maximum Gasteiger partial charge on any atom is 0.407 e. The van der Waals surface area contributed by atoms with Gasteiger partial charge in [0.15, 0.2) is 6.10 Å².